The van der Waals surface area contributed by atoms with Crippen molar-refractivity contribution >= 4 is 43.7 Å². The predicted molar refractivity (Wildman–Crippen MR) is 153 cm³/mol. The summed E-state index contributed by atoms with van der Waals surface area (Å²) in [6, 6.07) is 13.6. The van der Waals surface area contributed by atoms with Crippen LogP contribution < -0.4 is 0 Å². The SMILES string of the molecule is CC(=O)c1ccc(C=C2C(C)=C(CC(=O)OCC(COP(C)(C)=O)OP(C)(C)=O)c3cc(C)ccc32)cc1. The van der Waals surface area contributed by atoms with Gasteiger partial charge >= 0.3 is 5.97 Å². The summed E-state index contributed by atoms with van der Waals surface area (Å²) in [5.41, 5.74) is 7.54. The number of carbonyl (C=O) groups is 2. The molecule has 0 fully saturated rings. The van der Waals surface area contributed by atoms with Crippen molar-refractivity contribution in [2.45, 2.75) is 33.3 Å². The summed E-state index contributed by atoms with van der Waals surface area (Å²) in [4.78, 5) is 24.6. The zero-order valence-corrected chi connectivity index (χ0v) is 24.9. The van der Waals surface area contributed by atoms with Gasteiger partial charge in [0.2, 0.25) is 0 Å². The highest BCUT2D eigenvalue weighted by molar-refractivity contribution is 7.57. The third-order valence-corrected chi connectivity index (χ3v) is 7.58. The van der Waals surface area contributed by atoms with Gasteiger partial charge in [-0.1, -0.05) is 48.0 Å². The van der Waals surface area contributed by atoms with E-state index in [1.807, 2.05) is 32.0 Å². The topological polar surface area (TPSA) is 96.0 Å². The molecule has 7 nitrogen and oxygen atoms in total. The summed E-state index contributed by atoms with van der Waals surface area (Å²) in [5, 5.41) is 0. The second-order valence-corrected chi connectivity index (χ2v) is 15.8. The Balaban J connectivity index is 1.82. The molecule has 0 radical (unpaired) electrons. The Morgan fingerprint density at radius 1 is 0.895 bits per heavy atom. The summed E-state index contributed by atoms with van der Waals surface area (Å²) in [6.45, 7) is 11.2. The first-order chi connectivity index (χ1) is 17.6. The lowest BCUT2D eigenvalue weighted by Gasteiger charge is -2.21. The number of aryl methyl sites for hydroxylation is 1. The van der Waals surface area contributed by atoms with E-state index in [-0.39, 0.29) is 25.4 Å². The van der Waals surface area contributed by atoms with Crippen LogP contribution in [0.1, 0.15) is 52.9 Å². The highest BCUT2D eigenvalue weighted by Gasteiger charge is 2.27. The Hall–Kier alpha value is -2.56. The highest BCUT2D eigenvalue weighted by atomic mass is 31.2. The predicted octanol–water partition coefficient (Wildman–Crippen LogP) is 6.94. The minimum atomic E-state index is -2.90. The molecule has 0 spiro atoms. The van der Waals surface area contributed by atoms with Gasteiger partial charge in [-0.05, 0) is 60.3 Å². The Kier molecular flexibility index (Phi) is 9.54. The zero-order chi connectivity index (χ0) is 28.3. The van der Waals surface area contributed by atoms with Crippen molar-refractivity contribution in [3.63, 3.8) is 0 Å². The van der Waals surface area contributed by atoms with Gasteiger partial charge in [0.05, 0.1) is 13.0 Å². The average molecular weight is 559 g/mol. The lowest BCUT2D eigenvalue weighted by molar-refractivity contribution is -0.145. The summed E-state index contributed by atoms with van der Waals surface area (Å²) in [5.74, 6) is -0.438. The van der Waals surface area contributed by atoms with Gasteiger partial charge in [-0.3, -0.25) is 18.7 Å². The van der Waals surface area contributed by atoms with Crippen LogP contribution in [0.5, 0.6) is 0 Å². The average Bonchev–Trinajstić information content (AvgIpc) is 3.05. The van der Waals surface area contributed by atoms with Gasteiger partial charge in [-0.25, -0.2) is 0 Å². The van der Waals surface area contributed by atoms with E-state index < -0.39 is 26.8 Å². The lowest BCUT2D eigenvalue weighted by atomic mass is 9.98. The summed E-state index contributed by atoms with van der Waals surface area (Å²) in [7, 11) is -5.69. The van der Waals surface area contributed by atoms with Crippen molar-refractivity contribution in [3.05, 3.63) is 75.9 Å². The third kappa shape index (κ3) is 8.47. The molecule has 0 bridgehead atoms. The molecule has 0 aromatic heterocycles. The third-order valence-electron chi connectivity index (χ3n) is 6.00. The number of hydrogen-bond acceptors (Lipinski definition) is 7. The van der Waals surface area contributed by atoms with E-state index in [1.165, 1.54) is 33.6 Å². The second kappa shape index (κ2) is 12.1. The molecule has 204 valence electrons. The maximum absolute atomic E-state index is 12.9. The molecule has 1 aliphatic carbocycles. The van der Waals surface area contributed by atoms with E-state index in [9.17, 15) is 18.7 Å². The van der Waals surface area contributed by atoms with E-state index in [0.29, 0.717) is 5.56 Å². The van der Waals surface area contributed by atoms with Crippen LogP contribution in [0.4, 0.5) is 0 Å². The first-order valence-electron chi connectivity index (χ1n) is 12.4. The molecule has 1 aliphatic rings. The number of ketones is 1. The monoisotopic (exact) mass is 558 g/mol. The minimum absolute atomic E-state index is 0.0149. The summed E-state index contributed by atoms with van der Waals surface area (Å²) >= 11 is 0. The smallest absolute Gasteiger partial charge is 0.310 e. The number of allylic oxidation sites excluding steroid dienone is 2. The lowest BCUT2D eigenvalue weighted by Crippen LogP contribution is -2.26. The van der Waals surface area contributed by atoms with Gasteiger partial charge in [0.1, 0.15) is 12.7 Å². The van der Waals surface area contributed by atoms with E-state index in [1.54, 1.807) is 12.1 Å². The van der Waals surface area contributed by atoms with Crippen molar-refractivity contribution in [1.29, 1.82) is 0 Å². The van der Waals surface area contributed by atoms with E-state index >= 15 is 0 Å². The Labute approximate surface area is 225 Å². The highest BCUT2D eigenvalue weighted by Crippen LogP contribution is 2.44. The van der Waals surface area contributed by atoms with Crippen LogP contribution in [-0.2, 0) is 27.7 Å². The van der Waals surface area contributed by atoms with Crippen LogP contribution in [0.3, 0.4) is 0 Å². The first-order valence-corrected chi connectivity index (χ1v) is 17.4. The van der Waals surface area contributed by atoms with Gasteiger partial charge in [-0.2, -0.15) is 0 Å². The molecule has 0 amide bonds. The standard InChI is InChI=1S/C29H36O7P2/c1-19-8-13-25-26(15-22-9-11-23(12-10-22)21(3)30)20(2)27(28(25)14-19)16-29(31)34-17-24(36-38(6,7)33)18-35-37(4,5)32/h8-15,24H,16-18H2,1-7H3. The molecule has 3 rings (SSSR count). The number of ether oxygens (including phenoxy) is 1. The van der Waals surface area contributed by atoms with Crippen LogP contribution in [0, 0.1) is 6.92 Å². The number of rotatable bonds is 11. The molecule has 0 saturated carbocycles. The Bertz CT molecular complexity index is 1370. The van der Waals surface area contributed by atoms with Crippen molar-refractivity contribution in [1.82, 2.24) is 0 Å². The molecule has 0 heterocycles. The largest absolute Gasteiger partial charge is 0.463 e. The fraction of sp³-hybridized carbons (Fsp3) is 0.379. The maximum atomic E-state index is 12.9. The molecule has 2 aromatic carbocycles. The minimum Gasteiger partial charge on any atom is -0.463 e. The molecule has 0 aliphatic heterocycles. The number of Topliss-reactive ketones (excluding diaryl/α,β-unsaturated/α-hetero) is 1. The molecular weight excluding hydrogens is 522 g/mol. The molecule has 0 saturated heterocycles. The van der Waals surface area contributed by atoms with Gasteiger partial charge < -0.3 is 13.8 Å². The molecule has 2 aromatic rings. The van der Waals surface area contributed by atoms with Crippen molar-refractivity contribution in [3.8, 4) is 0 Å². The fourth-order valence-corrected chi connectivity index (χ4v) is 5.58. The molecule has 1 unspecified atom stereocenters. The zero-order valence-electron chi connectivity index (χ0n) is 23.1. The summed E-state index contributed by atoms with van der Waals surface area (Å²) in [6.07, 6.45) is 1.31. The second-order valence-electron chi connectivity index (χ2n) is 10.3. The van der Waals surface area contributed by atoms with Gasteiger partial charge in [0.25, 0.3) is 0 Å². The molecule has 38 heavy (non-hydrogen) atoms. The number of fused-ring (bicyclic) bond motifs is 1. The van der Waals surface area contributed by atoms with Crippen LogP contribution in [0.15, 0.2) is 48.0 Å². The van der Waals surface area contributed by atoms with Gasteiger partial charge in [0, 0.05) is 32.2 Å². The molecular formula is C29H36O7P2. The van der Waals surface area contributed by atoms with Crippen LogP contribution in [-0.4, -0.2) is 57.7 Å². The Morgan fingerprint density at radius 3 is 2.13 bits per heavy atom. The van der Waals surface area contributed by atoms with Crippen molar-refractivity contribution < 1.29 is 32.5 Å². The van der Waals surface area contributed by atoms with Crippen molar-refractivity contribution in [2.24, 2.45) is 0 Å². The van der Waals surface area contributed by atoms with Crippen LogP contribution >= 0.6 is 14.7 Å². The number of esters is 1. The number of benzene rings is 2. The van der Waals surface area contributed by atoms with Crippen LogP contribution in [0.25, 0.3) is 17.2 Å². The number of hydrogen-bond donors (Lipinski definition) is 0. The first kappa shape index (κ1) is 30.0. The van der Waals surface area contributed by atoms with Crippen LogP contribution in [0.2, 0.25) is 0 Å². The number of carbonyl (C=O) groups excluding carboxylic acids is 2. The molecule has 9 heteroatoms. The van der Waals surface area contributed by atoms with Gasteiger partial charge in [-0.15, -0.1) is 0 Å². The normalized spacial score (nSPS) is 15.5. The van der Waals surface area contributed by atoms with E-state index in [0.717, 1.165) is 39.0 Å². The van der Waals surface area contributed by atoms with E-state index in [2.05, 4.69) is 18.2 Å². The maximum Gasteiger partial charge on any atom is 0.310 e. The fourth-order valence-electron chi connectivity index (χ4n) is 4.22. The molecule has 0 N–H and O–H groups in total. The molecule has 1 atom stereocenters. The quantitative estimate of drug-likeness (QED) is 0.168. The van der Waals surface area contributed by atoms with E-state index in [4.69, 9.17) is 13.8 Å². The van der Waals surface area contributed by atoms with Gasteiger partial charge in [0.15, 0.2) is 20.5 Å². The van der Waals surface area contributed by atoms with Crippen molar-refractivity contribution in [2.75, 3.05) is 39.9 Å². The Morgan fingerprint density at radius 2 is 1.55 bits per heavy atom. The summed E-state index contributed by atoms with van der Waals surface area (Å²) < 4.78 is 40.6.